The first kappa shape index (κ1) is 38.1. The van der Waals surface area contributed by atoms with E-state index in [0.29, 0.717) is 22.7 Å². The Hall–Kier alpha value is -2.87. The van der Waals surface area contributed by atoms with Gasteiger partial charge in [-0.25, -0.2) is 4.98 Å². The molecule has 1 unspecified atom stereocenters. The van der Waals surface area contributed by atoms with Crippen LogP contribution in [0, 0.1) is 0 Å². The highest BCUT2D eigenvalue weighted by Crippen LogP contribution is 2.32. The molecule has 0 aromatic carbocycles. The zero-order valence-electron chi connectivity index (χ0n) is 26.5. The first-order chi connectivity index (χ1) is 19.6. The van der Waals surface area contributed by atoms with Crippen molar-refractivity contribution in [1.82, 2.24) is 9.97 Å². The van der Waals surface area contributed by atoms with Gasteiger partial charge in [0.15, 0.2) is 5.78 Å². The number of thiazole rings is 1. The lowest BCUT2D eigenvalue weighted by Crippen LogP contribution is -2.14. The van der Waals surface area contributed by atoms with Gasteiger partial charge in [0.2, 0.25) is 0 Å². The van der Waals surface area contributed by atoms with E-state index in [4.69, 9.17) is 14.8 Å². The molecule has 2 aromatic heterocycles. The second-order valence-electron chi connectivity index (χ2n) is 9.69. The molecule has 0 amide bonds. The van der Waals surface area contributed by atoms with E-state index in [9.17, 15) is 9.59 Å². The van der Waals surface area contributed by atoms with Crippen molar-refractivity contribution in [1.29, 1.82) is 0 Å². The van der Waals surface area contributed by atoms with Crippen molar-refractivity contribution < 1.29 is 14.6 Å². The molecule has 0 saturated carbocycles. The molecule has 1 atom stereocenters. The summed E-state index contributed by atoms with van der Waals surface area (Å²) in [4.78, 5) is 31.3. The predicted octanol–water partition coefficient (Wildman–Crippen LogP) is 8.95. The van der Waals surface area contributed by atoms with Crippen molar-refractivity contribution in [3.63, 3.8) is 0 Å². The number of pyridine rings is 1. The Morgan fingerprint density at radius 1 is 1.17 bits per heavy atom. The fourth-order valence-electron chi connectivity index (χ4n) is 3.72. The number of ketones is 1. The van der Waals surface area contributed by atoms with E-state index in [0.717, 1.165) is 55.6 Å². The minimum atomic E-state index is -0.253. The highest BCUT2D eigenvalue weighted by molar-refractivity contribution is 7.13. The molecule has 6 nitrogen and oxygen atoms in total. The Labute approximate surface area is 252 Å². The van der Waals surface area contributed by atoms with Crippen LogP contribution in [0.3, 0.4) is 0 Å². The number of carbonyl (C=O) groups is 1. The molecule has 0 radical (unpaired) electrons. The number of nitrogens with one attached hydrogen (secondary N) is 1. The van der Waals surface area contributed by atoms with Gasteiger partial charge >= 0.3 is 0 Å². The Morgan fingerprint density at radius 3 is 2.39 bits per heavy atom. The van der Waals surface area contributed by atoms with Crippen LogP contribution < -0.4 is 5.56 Å². The maximum atomic E-state index is 12.3. The maximum Gasteiger partial charge on any atom is 0.258 e. The van der Waals surface area contributed by atoms with Gasteiger partial charge in [0.1, 0.15) is 5.01 Å². The van der Waals surface area contributed by atoms with Crippen molar-refractivity contribution in [2.75, 3.05) is 13.2 Å². The zero-order chi connectivity index (χ0) is 31.2. The summed E-state index contributed by atoms with van der Waals surface area (Å²) in [5.74, 6) is -0.0987. The Balaban J connectivity index is 0.00000103. The summed E-state index contributed by atoms with van der Waals surface area (Å²) in [5, 5.41) is 11.7. The molecule has 228 valence electrons. The van der Waals surface area contributed by atoms with Crippen LogP contribution >= 0.6 is 11.3 Å². The summed E-state index contributed by atoms with van der Waals surface area (Å²) in [6.45, 7) is 21.1. The third-order valence-corrected chi connectivity index (χ3v) is 6.54. The zero-order valence-corrected chi connectivity index (χ0v) is 27.3. The van der Waals surface area contributed by atoms with Gasteiger partial charge in [-0.3, -0.25) is 9.59 Å². The molecule has 0 fully saturated rings. The van der Waals surface area contributed by atoms with Crippen molar-refractivity contribution in [2.24, 2.45) is 0 Å². The first-order valence-corrected chi connectivity index (χ1v) is 15.6. The Kier molecular flexibility index (Phi) is 21.2. The monoisotopic (exact) mass is 584 g/mol. The number of rotatable bonds is 14. The van der Waals surface area contributed by atoms with Crippen LogP contribution in [0.4, 0.5) is 0 Å². The standard InChI is InChI=1S/C23H26N2O2S.C8H18O2.C3H8/c1-6-9-11-19(15(4)10-7-2)18(8-3)21-14-28-23(25-21)20-12-17(16(5)26)13-24-22(20)27;1-3-5-8(9)7-10-6-4-2;1-3-2/h6,8-9,11-14H,1,7,10H2,2-5H3,(H,24,27);8-9H,3-7H2,1-2H3;3H2,1-2H3/b11-9-,18-8+,19-15-;;. The van der Waals surface area contributed by atoms with Gasteiger partial charge in [-0.2, -0.15) is 0 Å². The number of hydrogen-bond donors (Lipinski definition) is 2. The van der Waals surface area contributed by atoms with Crippen molar-refractivity contribution in [3.8, 4) is 10.6 Å². The second-order valence-corrected chi connectivity index (χ2v) is 10.5. The number of aliphatic hydroxyl groups excluding tert-OH is 1. The fraction of sp³-hybridized carbons (Fsp3) is 0.500. The Morgan fingerprint density at radius 2 is 1.85 bits per heavy atom. The molecule has 7 heteroatoms. The molecule has 0 aliphatic carbocycles. The number of carbonyl (C=O) groups excluding carboxylic acids is 1. The lowest BCUT2D eigenvalue weighted by Gasteiger charge is -2.11. The van der Waals surface area contributed by atoms with Crippen LogP contribution in [-0.4, -0.2) is 40.2 Å². The molecule has 0 aliphatic heterocycles. The molecule has 0 bridgehead atoms. The quantitative estimate of drug-likeness (QED) is 0.131. The van der Waals surface area contributed by atoms with Crippen LogP contribution in [-0.2, 0) is 4.74 Å². The van der Waals surface area contributed by atoms with E-state index >= 15 is 0 Å². The topological polar surface area (TPSA) is 92.3 Å². The summed E-state index contributed by atoms with van der Waals surface area (Å²) < 4.78 is 5.15. The van der Waals surface area contributed by atoms with E-state index in [1.165, 1.54) is 36.5 Å². The van der Waals surface area contributed by atoms with Gasteiger partial charge in [-0.1, -0.05) is 90.3 Å². The molecule has 2 rings (SSSR count). The summed E-state index contributed by atoms with van der Waals surface area (Å²) >= 11 is 1.40. The van der Waals surface area contributed by atoms with Crippen LogP contribution in [0.1, 0.15) is 110 Å². The van der Waals surface area contributed by atoms with E-state index < -0.39 is 0 Å². The molecule has 0 spiro atoms. The first-order valence-electron chi connectivity index (χ1n) is 14.8. The number of aromatic nitrogens is 2. The normalized spacial score (nSPS) is 12.6. The largest absolute Gasteiger partial charge is 0.391 e. The van der Waals surface area contributed by atoms with Crippen LogP contribution in [0.15, 0.2) is 64.5 Å². The lowest BCUT2D eigenvalue weighted by atomic mass is 9.95. The smallest absolute Gasteiger partial charge is 0.258 e. The highest BCUT2D eigenvalue weighted by atomic mass is 32.1. The summed E-state index contributed by atoms with van der Waals surface area (Å²) in [7, 11) is 0. The minimum Gasteiger partial charge on any atom is -0.391 e. The van der Waals surface area contributed by atoms with E-state index in [-0.39, 0.29) is 17.4 Å². The summed E-state index contributed by atoms with van der Waals surface area (Å²) in [6.07, 6.45) is 15.2. The second kappa shape index (κ2) is 22.8. The van der Waals surface area contributed by atoms with Gasteiger partial charge in [0.25, 0.3) is 5.56 Å². The molecule has 2 heterocycles. The molecule has 2 aromatic rings. The Bertz CT molecular complexity index is 1190. The van der Waals surface area contributed by atoms with Crippen molar-refractivity contribution in [2.45, 2.75) is 100 Å². The van der Waals surface area contributed by atoms with Gasteiger partial charge in [-0.15, -0.1) is 11.3 Å². The average molecular weight is 585 g/mol. The predicted molar refractivity (Wildman–Crippen MR) is 177 cm³/mol. The van der Waals surface area contributed by atoms with Crippen LogP contribution in [0.2, 0.25) is 0 Å². The molecular weight excluding hydrogens is 532 g/mol. The van der Waals surface area contributed by atoms with Crippen LogP contribution in [0.5, 0.6) is 0 Å². The number of hydrogen-bond acceptors (Lipinski definition) is 6. The molecule has 0 aliphatic rings. The van der Waals surface area contributed by atoms with E-state index in [1.54, 1.807) is 12.1 Å². The van der Waals surface area contributed by atoms with Crippen LogP contribution in [0.25, 0.3) is 16.1 Å². The number of Topliss-reactive ketones (excluding diaryl/α,β-unsaturated/α-hetero) is 1. The summed E-state index contributed by atoms with van der Waals surface area (Å²) in [6, 6.07) is 1.61. The number of ether oxygens (including phenoxy) is 1. The molecule has 0 saturated heterocycles. The maximum absolute atomic E-state index is 12.3. The van der Waals surface area contributed by atoms with E-state index in [1.807, 2.05) is 24.5 Å². The van der Waals surface area contributed by atoms with Gasteiger partial charge in [0.05, 0.1) is 24.0 Å². The fourth-order valence-corrected chi connectivity index (χ4v) is 4.56. The number of nitrogens with zero attached hydrogens (tertiary/aromatic N) is 1. The number of aromatic amines is 1. The van der Waals surface area contributed by atoms with Gasteiger partial charge in [-0.05, 0) is 51.7 Å². The number of H-pyrrole nitrogens is 1. The van der Waals surface area contributed by atoms with Crippen molar-refractivity contribution >= 4 is 22.7 Å². The lowest BCUT2D eigenvalue weighted by molar-refractivity contribution is 0.0325. The SMILES string of the molecule is C=C\C=C/C(=C(\C)CCC)C(=C\C)/c1csc(-c2cc(C(C)=O)c[nH]c2=O)n1.CCC.CCCOCC(O)CCC. The van der Waals surface area contributed by atoms with E-state index in [2.05, 4.69) is 59.2 Å². The molecule has 2 N–H and O–H groups in total. The minimum absolute atomic E-state index is 0.0987. The number of allylic oxidation sites excluding steroid dienone is 7. The average Bonchev–Trinajstić information content (AvgIpc) is 3.42. The highest BCUT2D eigenvalue weighted by Gasteiger charge is 2.15. The third kappa shape index (κ3) is 14.5. The molecular formula is C34H52N2O4S. The third-order valence-electron chi connectivity index (χ3n) is 5.66. The molecule has 41 heavy (non-hydrogen) atoms. The number of aliphatic hydroxyl groups is 1. The van der Waals surface area contributed by atoms with Gasteiger partial charge in [0, 0.05) is 29.3 Å². The van der Waals surface area contributed by atoms with Crippen molar-refractivity contribution in [3.05, 3.63) is 81.3 Å². The summed E-state index contributed by atoms with van der Waals surface area (Å²) in [5.41, 5.74) is 4.85. The van der Waals surface area contributed by atoms with Gasteiger partial charge < -0.3 is 14.8 Å².